The van der Waals surface area contributed by atoms with Crippen LogP contribution in [-0.2, 0) is 0 Å². The van der Waals surface area contributed by atoms with E-state index in [1.165, 1.54) is 44.2 Å². The molecule has 0 radical (unpaired) electrons. The molecule has 1 saturated heterocycles. The van der Waals surface area contributed by atoms with Crippen LogP contribution in [0.5, 0.6) is 11.5 Å². The van der Waals surface area contributed by atoms with Crippen LogP contribution in [0, 0.1) is 17.6 Å². The molecule has 38 heavy (non-hydrogen) atoms. The molecular weight excluding hydrogens is 486 g/mol. The van der Waals surface area contributed by atoms with Crippen LogP contribution in [0.3, 0.4) is 0 Å². The van der Waals surface area contributed by atoms with E-state index in [0.29, 0.717) is 35.7 Å². The van der Waals surface area contributed by atoms with Gasteiger partial charge in [-0.3, -0.25) is 9.69 Å². The number of carbonyl (C=O) groups excluding carboxylic acids is 1. The van der Waals surface area contributed by atoms with Crippen molar-refractivity contribution in [3.8, 4) is 11.5 Å². The van der Waals surface area contributed by atoms with Crippen molar-refractivity contribution in [1.82, 2.24) is 9.80 Å². The van der Waals surface area contributed by atoms with Gasteiger partial charge in [-0.1, -0.05) is 30.9 Å². The average molecular weight is 527 g/mol. The number of nitrogens with zero attached hydrogens (tertiary/aromatic N) is 2. The van der Waals surface area contributed by atoms with E-state index < -0.39 is 11.6 Å². The molecule has 2 aromatic rings. The molecule has 206 valence electrons. The Hall–Kier alpha value is -2.93. The van der Waals surface area contributed by atoms with Crippen molar-refractivity contribution in [2.24, 2.45) is 5.92 Å². The van der Waals surface area contributed by atoms with Crippen LogP contribution >= 0.6 is 0 Å². The molecule has 7 heteroatoms. The summed E-state index contributed by atoms with van der Waals surface area (Å²) in [4.78, 5) is 18.3. The zero-order chi connectivity index (χ0) is 27.1. The first-order valence-electron chi connectivity index (χ1n) is 13.8. The lowest BCUT2D eigenvalue weighted by atomic mass is 9.89. The predicted molar refractivity (Wildman–Crippen MR) is 147 cm³/mol. The van der Waals surface area contributed by atoms with Crippen molar-refractivity contribution in [3.63, 3.8) is 0 Å². The minimum atomic E-state index is -0.614. The molecular formula is C31H40F2N2O3. The predicted octanol–water partition coefficient (Wildman–Crippen LogP) is 6.57. The lowest BCUT2D eigenvalue weighted by Gasteiger charge is -2.34. The summed E-state index contributed by atoms with van der Waals surface area (Å²) in [7, 11) is 3.12. The molecule has 1 aliphatic heterocycles. The normalized spacial score (nSPS) is 19.0. The van der Waals surface area contributed by atoms with Gasteiger partial charge in [0.2, 0.25) is 0 Å². The maximum atomic E-state index is 14.3. The molecule has 1 heterocycles. The smallest absolute Gasteiger partial charge is 0.254 e. The van der Waals surface area contributed by atoms with E-state index in [2.05, 4.69) is 4.90 Å². The van der Waals surface area contributed by atoms with E-state index in [0.717, 1.165) is 43.5 Å². The van der Waals surface area contributed by atoms with Gasteiger partial charge in [-0.25, -0.2) is 8.78 Å². The third-order valence-electron chi connectivity index (χ3n) is 7.87. The lowest BCUT2D eigenvalue weighted by Crippen LogP contribution is -2.45. The van der Waals surface area contributed by atoms with E-state index in [1.54, 1.807) is 38.5 Å². The molecule has 0 aromatic heterocycles. The number of hydrogen-bond acceptors (Lipinski definition) is 4. The topological polar surface area (TPSA) is 42.0 Å². The van der Waals surface area contributed by atoms with Crippen molar-refractivity contribution in [2.45, 2.75) is 57.9 Å². The summed E-state index contributed by atoms with van der Waals surface area (Å²) in [6, 6.07) is 9.05. The molecule has 2 fully saturated rings. The second-order valence-electron chi connectivity index (χ2n) is 10.7. The summed E-state index contributed by atoms with van der Waals surface area (Å²) in [5.74, 6) is 0.468. The Labute approximate surface area is 225 Å². The Bertz CT molecular complexity index is 1130. The van der Waals surface area contributed by atoms with Gasteiger partial charge < -0.3 is 14.4 Å². The molecule has 5 nitrogen and oxygen atoms in total. The summed E-state index contributed by atoms with van der Waals surface area (Å²) < 4.78 is 38.5. The van der Waals surface area contributed by atoms with Crippen LogP contribution in [0.15, 0.2) is 42.0 Å². The average Bonchev–Trinajstić information content (AvgIpc) is 3.35. The third-order valence-corrected chi connectivity index (χ3v) is 7.87. The zero-order valence-electron chi connectivity index (χ0n) is 22.8. The highest BCUT2D eigenvalue weighted by Crippen LogP contribution is 2.30. The van der Waals surface area contributed by atoms with Crippen molar-refractivity contribution in [2.75, 3.05) is 40.4 Å². The summed E-state index contributed by atoms with van der Waals surface area (Å²) in [5.41, 5.74) is 1.64. The maximum absolute atomic E-state index is 14.3. The van der Waals surface area contributed by atoms with Gasteiger partial charge >= 0.3 is 0 Å². The molecule has 1 atom stereocenters. The summed E-state index contributed by atoms with van der Waals surface area (Å²) in [5, 5.41) is 0. The van der Waals surface area contributed by atoms with Crippen molar-refractivity contribution < 1.29 is 23.0 Å². The molecule has 4 rings (SSSR count). The van der Waals surface area contributed by atoms with Gasteiger partial charge in [0.05, 0.1) is 14.2 Å². The third kappa shape index (κ3) is 7.13. The van der Waals surface area contributed by atoms with Gasteiger partial charge in [0.25, 0.3) is 5.91 Å². The van der Waals surface area contributed by atoms with Crippen LogP contribution in [0.25, 0.3) is 6.08 Å². The number of methoxy groups -OCH3 is 2. The molecule has 1 unspecified atom stereocenters. The van der Waals surface area contributed by atoms with Gasteiger partial charge in [0.15, 0.2) is 11.5 Å². The van der Waals surface area contributed by atoms with Gasteiger partial charge in [-0.15, -0.1) is 0 Å². The van der Waals surface area contributed by atoms with Gasteiger partial charge in [-0.2, -0.15) is 0 Å². The maximum Gasteiger partial charge on any atom is 0.254 e. The number of halogens is 2. The number of ether oxygens (including phenoxy) is 2. The molecule has 1 aliphatic carbocycles. The number of rotatable bonds is 10. The SMILES string of the molecule is COc1ccc(C(=O)N(CC(C)=Cc2ccc(F)cc2F)CC2CCCN2CC2CCCCC2)cc1OC. The van der Waals surface area contributed by atoms with E-state index in [1.807, 2.05) is 11.8 Å². The Morgan fingerprint density at radius 2 is 1.76 bits per heavy atom. The van der Waals surface area contributed by atoms with Gasteiger partial charge in [-0.05, 0) is 75.4 Å². The van der Waals surface area contributed by atoms with Crippen LogP contribution in [0.1, 0.15) is 67.8 Å². The van der Waals surface area contributed by atoms with E-state index in [-0.39, 0.29) is 11.9 Å². The molecule has 2 aromatic carbocycles. The molecule has 1 saturated carbocycles. The molecule has 1 amide bonds. The second kappa shape index (κ2) is 13.2. The fraction of sp³-hybridized carbons (Fsp3) is 0.516. The van der Waals surface area contributed by atoms with Crippen molar-refractivity contribution >= 4 is 12.0 Å². The molecule has 2 aliphatic rings. The van der Waals surface area contributed by atoms with E-state index in [4.69, 9.17) is 9.47 Å². The first-order valence-corrected chi connectivity index (χ1v) is 13.8. The summed E-state index contributed by atoms with van der Waals surface area (Å²) in [6.45, 7) is 4.98. The number of likely N-dealkylation sites (tertiary alicyclic amines) is 1. The monoisotopic (exact) mass is 526 g/mol. The second-order valence-corrected chi connectivity index (χ2v) is 10.7. The first-order chi connectivity index (χ1) is 18.4. The standard InChI is InChI=1S/C31H40F2N2O3/c1-22(16-24-11-13-26(32)18-28(24)33)19-35(31(36)25-12-14-29(37-2)30(17-25)38-3)21-27-10-7-15-34(27)20-23-8-5-4-6-9-23/h11-14,16-18,23,27H,4-10,15,19-21H2,1-3H3. The lowest BCUT2D eigenvalue weighted by molar-refractivity contribution is 0.0709. The van der Waals surface area contributed by atoms with Crippen LogP contribution in [0.4, 0.5) is 8.78 Å². The Morgan fingerprint density at radius 1 is 1.00 bits per heavy atom. The highest BCUT2D eigenvalue weighted by molar-refractivity contribution is 5.95. The van der Waals surface area contributed by atoms with Crippen molar-refractivity contribution in [3.05, 3.63) is 64.7 Å². The highest BCUT2D eigenvalue weighted by atomic mass is 19.1. The van der Waals surface area contributed by atoms with Crippen LogP contribution in [-0.4, -0.2) is 62.1 Å². The zero-order valence-corrected chi connectivity index (χ0v) is 22.8. The number of carbonyl (C=O) groups is 1. The molecule has 0 bridgehead atoms. The largest absolute Gasteiger partial charge is 0.493 e. The quantitative estimate of drug-likeness (QED) is 0.351. The molecule has 0 N–H and O–H groups in total. The number of hydrogen-bond donors (Lipinski definition) is 0. The minimum Gasteiger partial charge on any atom is -0.493 e. The Morgan fingerprint density at radius 3 is 2.47 bits per heavy atom. The Kier molecular flexibility index (Phi) is 9.78. The summed E-state index contributed by atoms with van der Waals surface area (Å²) in [6.07, 6.45) is 10.4. The fourth-order valence-corrected chi connectivity index (χ4v) is 5.90. The summed E-state index contributed by atoms with van der Waals surface area (Å²) >= 11 is 0. The van der Waals surface area contributed by atoms with Gasteiger partial charge in [0.1, 0.15) is 11.6 Å². The fourth-order valence-electron chi connectivity index (χ4n) is 5.90. The Balaban J connectivity index is 1.56. The van der Waals surface area contributed by atoms with Crippen LogP contribution in [0.2, 0.25) is 0 Å². The van der Waals surface area contributed by atoms with E-state index in [9.17, 15) is 13.6 Å². The van der Waals surface area contributed by atoms with Crippen molar-refractivity contribution in [1.29, 1.82) is 0 Å². The highest BCUT2D eigenvalue weighted by Gasteiger charge is 2.31. The molecule has 0 spiro atoms. The van der Waals surface area contributed by atoms with E-state index >= 15 is 0 Å². The number of benzene rings is 2. The number of amides is 1. The van der Waals surface area contributed by atoms with Crippen LogP contribution < -0.4 is 9.47 Å². The minimum absolute atomic E-state index is 0.109. The van der Waals surface area contributed by atoms with Gasteiger partial charge in [0, 0.05) is 42.9 Å². The first kappa shape index (κ1) is 28.1.